The van der Waals surface area contributed by atoms with Crippen LogP contribution in [0.5, 0.6) is 0 Å². The summed E-state index contributed by atoms with van der Waals surface area (Å²) in [5.74, 6) is 0. The van der Waals surface area contributed by atoms with Crippen LogP contribution in [0.2, 0.25) is 0 Å². The van der Waals surface area contributed by atoms with Gasteiger partial charge in [0.2, 0.25) is 0 Å². The van der Waals surface area contributed by atoms with Crippen molar-refractivity contribution in [3.8, 4) is 0 Å². The predicted octanol–water partition coefficient (Wildman–Crippen LogP) is 3.03. The van der Waals surface area contributed by atoms with E-state index in [1.165, 1.54) is 24.1 Å². The second-order valence-corrected chi connectivity index (χ2v) is 6.20. The molecule has 0 spiro atoms. The molecule has 3 nitrogen and oxygen atoms in total. The standard InChI is InChI=1S/C16H21N3S/c1-17-9-14-3-2-4-15(18-14)11-19(16-5-6-16)10-13-7-8-20-12-13/h2-4,7-8,12,16-17H,5-6,9-11H2,1H3. The second-order valence-electron chi connectivity index (χ2n) is 5.42. The molecule has 1 aliphatic rings. The maximum absolute atomic E-state index is 4.74. The molecule has 0 bridgehead atoms. The highest BCUT2D eigenvalue weighted by atomic mass is 32.1. The van der Waals surface area contributed by atoms with Gasteiger partial charge in [-0.05, 0) is 54.4 Å². The second kappa shape index (κ2) is 6.48. The number of hydrogen-bond acceptors (Lipinski definition) is 4. The molecule has 4 heteroatoms. The molecule has 20 heavy (non-hydrogen) atoms. The Labute approximate surface area is 124 Å². The molecule has 106 valence electrons. The summed E-state index contributed by atoms with van der Waals surface area (Å²) in [6, 6.07) is 9.32. The van der Waals surface area contributed by atoms with E-state index in [1.807, 2.05) is 7.05 Å². The normalized spacial score (nSPS) is 14.9. The third-order valence-electron chi connectivity index (χ3n) is 3.62. The summed E-state index contributed by atoms with van der Waals surface area (Å²) in [6.45, 7) is 2.84. The summed E-state index contributed by atoms with van der Waals surface area (Å²) in [5.41, 5.74) is 3.73. The van der Waals surface area contributed by atoms with Crippen LogP contribution in [0, 0.1) is 0 Å². The van der Waals surface area contributed by atoms with Crippen LogP contribution in [0.3, 0.4) is 0 Å². The number of thiophene rings is 1. The van der Waals surface area contributed by atoms with Crippen LogP contribution in [0.25, 0.3) is 0 Å². The van der Waals surface area contributed by atoms with Crippen LogP contribution in [0.1, 0.15) is 29.8 Å². The summed E-state index contributed by atoms with van der Waals surface area (Å²) in [6.07, 6.45) is 2.67. The van der Waals surface area contributed by atoms with Crippen molar-refractivity contribution in [3.63, 3.8) is 0 Å². The van der Waals surface area contributed by atoms with Crippen molar-refractivity contribution in [2.75, 3.05) is 7.05 Å². The first kappa shape index (κ1) is 13.7. The molecule has 0 amide bonds. The quantitative estimate of drug-likeness (QED) is 0.848. The van der Waals surface area contributed by atoms with Gasteiger partial charge in [0.1, 0.15) is 0 Å². The molecule has 0 aromatic carbocycles. The lowest BCUT2D eigenvalue weighted by atomic mass is 10.2. The Hall–Kier alpha value is -1.23. The fourth-order valence-electron chi connectivity index (χ4n) is 2.48. The predicted molar refractivity (Wildman–Crippen MR) is 83.6 cm³/mol. The Bertz CT molecular complexity index is 534. The molecule has 1 aliphatic carbocycles. The van der Waals surface area contributed by atoms with Crippen LogP contribution in [0.15, 0.2) is 35.0 Å². The van der Waals surface area contributed by atoms with Gasteiger partial charge in [-0.15, -0.1) is 0 Å². The van der Waals surface area contributed by atoms with E-state index in [2.05, 4.69) is 45.2 Å². The average Bonchev–Trinajstić information content (AvgIpc) is 3.18. The highest BCUT2D eigenvalue weighted by Crippen LogP contribution is 2.29. The van der Waals surface area contributed by atoms with E-state index in [-0.39, 0.29) is 0 Å². The maximum Gasteiger partial charge on any atom is 0.0548 e. The lowest BCUT2D eigenvalue weighted by molar-refractivity contribution is 0.243. The van der Waals surface area contributed by atoms with Crippen molar-refractivity contribution >= 4 is 11.3 Å². The average molecular weight is 287 g/mol. The summed E-state index contributed by atoms with van der Waals surface area (Å²) in [7, 11) is 1.96. The van der Waals surface area contributed by atoms with Gasteiger partial charge in [0.25, 0.3) is 0 Å². The van der Waals surface area contributed by atoms with Crippen LogP contribution in [0.4, 0.5) is 0 Å². The Morgan fingerprint density at radius 3 is 2.80 bits per heavy atom. The zero-order chi connectivity index (χ0) is 13.8. The van der Waals surface area contributed by atoms with Gasteiger partial charge in [0, 0.05) is 25.7 Å². The molecule has 0 aliphatic heterocycles. The van der Waals surface area contributed by atoms with Gasteiger partial charge in [0.15, 0.2) is 0 Å². The minimum atomic E-state index is 0.754. The Kier molecular flexibility index (Phi) is 4.45. The fraction of sp³-hybridized carbons (Fsp3) is 0.438. The minimum absolute atomic E-state index is 0.754. The van der Waals surface area contributed by atoms with E-state index >= 15 is 0 Å². The van der Waals surface area contributed by atoms with Crippen LogP contribution >= 0.6 is 11.3 Å². The molecule has 0 saturated heterocycles. The van der Waals surface area contributed by atoms with Crippen molar-refractivity contribution < 1.29 is 0 Å². The van der Waals surface area contributed by atoms with Gasteiger partial charge in [-0.2, -0.15) is 11.3 Å². The third kappa shape index (κ3) is 3.66. The van der Waals surface area contributed by atoms with E-state index in [4.69, 9.17) is 4.98 Å². The Balaban J connectivity index is 1.68. The number of aromatic nitrogens is 1. The number of hydrogen-bond donors (Lipinski definition) is 1. The molecule has 1 N–H and O–H groups in total. The van der Waals surface area contributed by atoms with Gasteiger partial charge < -0.3 is 5.32 Å². The zero-order valence-electron chi connectivity index (χ0n) is 11.9. The summed E-state index contributed by atoms with van der Waals surface area (Å²) >= 11 is 1.78. The highest BCUT2D eigenvalue weighted by Gasteiger charge is 2.29. The van der Waals surface area contributed by atoms with E-state index in [1.54, 1.807) is 11.3 Å². The lowest BCUT2D eigenvalue weighted by Crippen LogP contribution is -2.25. The molecule has 1 saturated carbocycles. The summed E-state index contributed by atoms with van der Waals surface area (Å²) in [4.78, 5) is 7.30. The van der Waals surface area contributed by atoms with E-state index in [0.29, 0.717) is 0 Å². The first-order valence-electron chi connectivity index (χ1n) is 7.19. The first-order chi connectivity index (χ1) is 9.85. The summed E-state index contributed by atoms with van der Waals surface area (Å²) in [5, 5.41) is 7.57. The molecule has 2 heterocycles. The Morgan fingerprint density at radius 2 is 2.10 bits per heavy atom. The van der Waals surface area contributed by atoms with Crippen molar-refractivity contribution in [1.82, 2.24) is 15.2 Å². The van der Waals surface area contributed by atoms with Crippen molar-refractivity contribution in [1.29, 1.82) is 0 Å². The van der Waals surface area contributed by atoms with Crippen LogP contribution in [-0.4, -0.2) is 23.0 Å². The van der Waals surface area contributed by atoms with E-state index in [9.17, 15) is 0 Å². The van der Waals surface area contributed by atoms with Gasteiger partial charge >= 0.3 is 0 Å². The molecule has 2 aromatic rings. The van der Waals surface area contributed by atoms with E-state index < -0.39 is 0 Å². The number of nitrogens with zero attached hydrogens (tertiary/aromatic N) is 2. The summed E-state index contributed by atoms with van der Waals surface area (Å²) < 4.78 is 0. The zero-order valence-corrected chi connectivity index (χ0v) is 12.7. The lowest BCUT2D eigenvalue weighted by Gasteiger charge is -2.21. The van der Waals surface area contributed by atoms with Crippen molar-refractivity contribution in [3.05, 3.63) is 52.0 Å². The molecule has 1 fully saturated rings. The largest absolute Gasteiger partial charge is 0.314 e. The third-order valence-corrected chi connectivity index (χ3v) is 4.35. The van der Waals surface area contributed by atoms with E-state index in [0.717, 1.165) is 31.4 Å². The topological polar surface area (TPSA) is 28.2 Å². The van der Waals surface area contributed by atoms with Crippen molar-refractivity contribution in [2.24, 2.45) is 0 Å². The molecular weight excluding hydrogens is 266 g/mol. The number of nitrogens with one attached hydrogen (secondary N) is 1. The van der Waals surface area contributed by atoms with Crippen LogP contribution < -0.4 is 5.32 Å². The molecule has 0 unspecified atom stereocenters. The molecule has 0 atom stereocenters. The van der Waals surface area contributed by atoms with Gasteiger partial charge in [-0.1, -0.05) is 6.07 Å². The monoisotopic (exact) mass is 287 g/mol. The minimum Gasteiger partial charge on any atom is -0.314 e. The maximum atomic E-state index is 4.74. The number of rotatable bonds is 7. The molecule has 0 radical (unpaired) electrons. The van der Waals surface area contributed by atoms with Crippen LogP contribution in [-0.2, 0) is 19.6 Å². The first-order valence-corrected chi connectivity index (χ1v) is 8.14. The van der Waals surface area contributed by atoms with Gasteiger partial charge in [-0.3, -0.25) is 9.88 Å². The molecular formula is C16H21N3S. The Morgan fingerprint density at radius 1 is 1.25 bits per heavy atom. The number of pyridine rings is 1. The van der Waals surface area contributed by atoms with Crippen molar-refractivity contribution in [2.45, 2.75) is 38.5 Å². The van der Waals surface area contributed by atoms with Gasteiger partial charge in [0.05, 0.1) is 11.4 Å². The van der Waals surface area contributed by atoms with Gasteiger partial charge in [-0.25, -0.2) is 0 Å². The highest BCUT2D eigenvalue weighted by molar-refractivity contribution is 7.07. The smallest absolute Gasteiger partial charge is 0.0548 e. The molecule has 2 aromatic heterocycles. The fourth-order valence-corrected chi connectivity index (χ4v) is 3.14. The SMILES string of the molecule is CNCc1cccc(CN(Cc2ccsc2)C2CC2)n1. The molecule has 3 rings (SSSR count).